The quantitative estimate of drug-likeness (QED) is 0.498. The number of nitrogens with two attached hydrogens (primary N) is 1. The number of carbonyl (C=O) groups is 1. The van der Waals surface area contributed by atoms with Crippen LogP contribution in [0.5, 0.6) is 0 Å². The van der Waals surface area contributed by atoms with Crippen molar-refractivity contribution in [2.45, 2.75) is 42.3 Å². The van der Waals surface area contributed by atoms with Gasteiger partial charge in [0.1, 0.15) is 17.4 Å². The third kappa shape index (κ3) is 5.06. The molecule has 1 saturated carbocycles. The topological polar surface area (TPSA) is 97.0 Å². The summed E-state index contributed by atoms with van der Waals surface area (Å²) in [5.41, 5.74) is 7.03. The maximum absolute atomic E-state index is 12.0. The Morgan fingerprint density at radius 1 is 1.26 bits per heavy atom. The van der Waals surface area contributed by atoms with Crippen LogP contribution in [0.1, 0.15) is 23.3 Å². The molecule has 2 aliphatic rings. The van der Waals surface area contributed by atoms with Gasteiger partial charge in [0.05, 0.1) is 0 Å². The summed E-state index contributed by atoms with van der Waals surface area (Å²) >= 11 is 3.10. The third-order valence-electron chi connectivity index (χ3n) is 5.33. The van der Waals surface area contributed by atoms with Crippen molar-refractivity contribution in [2.75, 3.05) is 23.3 Å². The fourth-order valence-corrected chi connectivity index (χ4v) is 4.88. The number of thiazole rings is 1. The van der Waals surface area contributed by atoms with Gasteiger partial charge in [-0.15, -0.1) is 11.3 Å². The van der Waals surface area contributed by atoms with Crippen LogP contribution in [0, 0.1) is 12.8 Å². The first kappa shape index (κ1) is 20.4. The van der Waals surface area contributed by atoms with Crippen LogP contribution in [0.3, 0.4) is 0 Å². The van der Waals surface area contributed by atoms with Gasteiger partial charge in [0.15, 0.2) is 10.3 Å². The van der Waals surface area contributed by atoms with Gasteiger partial charge in [0, 0.05) is 53.5 Å². The summed E-state index contributed by atoms with van der Waals surface area (Å²) in [6.45, 7) is 3.61. The van der Waals surface area contributed by atoms with Crippen LogP contribution in [-0.2, 0) is 11.2 Å². The highest BCUT2D eigenvalue weighted by molar-refractivity contribution is 7.99. The Labute approximate surface area is 189 Å². The Morgan fingerprint density at radius 2 is 2.03 bits per heavy atom. The Morgan fingerprint density at radius 3 is 2.68 bits per heavy atom. The lowest BCUT2D eigenvalue weighted by atomic mass is 10.1. The predicted molar refractivity (Wildman–Crippen MR) is 124 cm³/mol. The van der Waals surface area contributed by atoms with Crippen molar-refractivity contribution in [1.82, 2.24) is 15.0 Å². The summed E-state index contributed by atoms with van der Waals surface area (Å²) in [7, 11) is 0. The van der Waals surface area contributed by atoms with Gasteiger partial charge in [0.25, 0.3) is 0 Å². The van der Waals surface area contributed by atoms with Crippen molar-refractivity contribution in [1.29, 1.82) is 0 Å². The van der Waals surface area contributed by atoms with E-state index in [0.717, 1.165) is 52.2 Å². The Bertz CT molecular complexity index is 1090. The Hall–Kier alpha value is -2.49. The van der Waals surface area contributed by atoms with Crippen LogP contribution in [-0.4, -0.2) is 39.9 Å². The smallest absolute Gasteiger partial charge is 0.196 e. The number of nitrogens with zero attached hydrogens (tertiary/aromatic N) is 4. The fourth-order valence-electron chi connectivity index (χ4n) is 3.44. The predicted octanol–water partition coefficient (Wildman–Crippen LogP) is 3.81. The van der Waals surface area contributed by atoms with Crippen LogP contribution in [0.15, 0.2) is 46.6 Å². The average Bonchev–Trinajstić information content (AvgIpc) is 3.50. The summed E-state index contributed by atoms with van der Waals surface area (Å²) in [5, 5.41) is 4.77. The minimum atomic E-state index is 0.190. The molecule has 0 unspecified atom stereocenters. The van der Waals surface area contributed by atoms with Gasteiger partial charge < -0.3 is 16.0 Å². The highest BCUT2D eigenvalue weighted by Gasteiger charge is 2.29. The van der Waals surface area contributed by atoms with Crippen LogP contribution in [0.2, 0.25) is 0 Å². The molecule has 0 spiro atoms. The number of anilines is 3. The lowest BCUT2D eigenvalue weighted by Gasteiger charge is -2.37. The summed E-state index contributed by atoms with van der Waals surface area (Å²) in [6.07, 6.45) is 4.48. The summed E-state index contributed by atoms with van der Waals surface area (Å²) in [4.78, 5) is 30.2. The lowest BCUT2D eigenvalue weighted by Crippen LogP contribution is -2.56. The maximum Gasteiger partial charge on any atom is 0.196 e. The zero-order valence-corrected chi connectivity index (χ0v) is 18.9. The second-order valence-corrected chi connectivity index (χ2v) is 10.4. The molecule has 1 aromatic carbocycles. The van der Waals surface area contributed by atoms with Crippen molar-refractivity contribution in [2.24, 2.45) is 11.7 Å². The van der Waals surface area contributed by atoms with Gasteiger partial charge in [0.2, 0.25) is 0 Å². The molecule has 9 heteroatoms. The molecule has 160 valence electrons. The van der Waals surface area contributed by atoms with E-state index in [2.05, 4.69) is 15.2 Å². The summed E-state index contributed by atoms with van der Waals surface area (Å²) in [5.74, 6) is 2.24. The van der Waals surface area contributed by atoms with Gasteiger partial charge in [-0.1, -0.05) is 12.1 Å². The minimum absolute atomic E-state index is 0.190. The molecule has 3 N–H and O–H groups in total. The number of rotatable bonds is 8. The molecule has 3 aromatic rings. The highest BCUT2D eigenvalue weighted by atomic mass is 32.2. The summed E-state index contributed by atoms with van der Waals surface area (Å²) < 4.78 is 0. The van der Waals surface area contributed by atoms with Crippen molar-refractivity contribution >= 4 is 45.6 Å². The van der Waals surface area contributed by atoms with E-state index in [-0.39, 0.29) is 6.04 Å². The number of carbonyl (C=O) groups excluding carboxylic acids is 1. The van der Waals surface area contributed by atoms with E-state index in [0.29, 0.717) is 29.1 Å². The molecule has 2 fully saturated rings. The second-order valence-electron chi connectivity index (χ2n) is 8.12. The molecule has 0 bridgehead atoms. The van der Waals surface area contributed by atoms with E-state index >= 15 is 0 Å². The van der Waals surface area contributed by atoms with Crippen molar-refractivity contribution in [3.8, 4) is 0 Å². The van der Waals surface area contributed by atoms with Gasteiger partial charge in [-0.25, -0.2) is 15.0 Å². The van der Waals surface area contributed by atoms with Gasteiger partial charge in [-0.2, -0.15) is 0 Å². The molecule has 2 aromatic heterocycles. The van der Waals surface area contributed by atoms with Crippen molar-refractivity contribution < 1.29 is 4.79 Å². The molecule has 5 rings (SSSR count). The number of hydrogen-bond donors (Lipinski definition) is 2. The van der Waals surface area contributed by atoms with E-state index in [9.17, 15) is 4.79 Å². The number of ketones is 1. The van der Waals surface area contributed by atoms with Crippen molar-refractivity contribution in [3.63, 3.8) is 0 Å². The standard InChI is InChI=1S/C22H24N6OS2/c1-13-10-24-21(30-13)25-19-9-20(28-11-16(23)12-28)27-22(26-19)31-17-6-2-14(3-7-17)8-18(29)15-4-5-15/h2-3,6-7,9-10,15-16H,4-5,8,11-12,23H2,1H3,(H,24,25,26,27). The van der Waals surface area contributed by atoms with Crippen LogP contribution >= 0.6 is 23.1 Å². The largest absolute Gasteiger partial charge is 0.353 e. The van der Waals surface area contributed by atoms with Crippen LogP contribution in [0.4, 0.5) is 16.8 Å². The highest BCUT2D eigenvalue weighted by Crippen LogP contribution is 2.33. The van der Waals surface area contributed by atoms with Gasteiger partial charge in [-0.05, 0) is 49.2 Å². The second kappa shape index (κ2) is 8.57. The molecule has 3 heterocycles. The zero-order chi connectivity index (χ0) is 21.4. The zero-order valence-electron chi connectivity index (χ0n) is 17.2. The van der Waals surface area contributed by atoms with Crippen LogP contribution in [0.25, 0.3) is 0 Å². The van der Waals surface area contributed by atoms with E-state index in [1.807, 2.05) is 43.5 Å². The fraction of sp³-hybridized carbons (Fsp3) is 0.364. The number of hydrogen-bond acceptors (Lipinski definition) is 9. The number of Topliss-reactive ketones (excluding diaryl/α,β-unsaturated/α-hetero) is 1. The molecule has 31 heavy (non-hydrogen) atoms. The monoisotopic (exact) mass is 452 g/mol. The Balaban J connectivity index is 1.33. The first-order chi connectivity index (χ1) is 15.0. The normalized spacial score (nSPS) is 16.3. The molecule has 0 radical (unpaired) electrons. The first-order valence-electron chi connectivity index (χ1n) is 10.4. The minimum Gasteiger partial charge on any atom is -0.353 e. The maximum atomic E-state index is 12.0. The molecule has 1 aliphatic heterocycles. The van der Waals surface area contributed by atoms with Crippen LogP contribution < -0.4 is 16.0 Å². The average molecular weight is 453 g/mol. The molecule has 0 amide bonds. The Kier molecular flexibility index (Phi) is 5.64. The lowest BCUT2D eigenvalue weighted by molar-refractivity contribution is -0.119. The molecular formula is C22H24N6OS2. The molecule has 1 aliphatic carbocycles. The number of benzene rings is 1. The van der Waals surface area contributed by atoms with E-state index in [1.54, 1.807) is 11.3 Å². The SMILES string of the molecule is Cc1cnc(Nc2cc(N3CC(N)C3)nc(Sc3ccc(CC(=O)C4CC4)cc3)n2)s1. The van der Waals surface area contributed by atoms with Gasteiger partial charge in [-0.3, -0.25) is 4.79 Å². The van der Waals surface area contributed by atoms with Crippen molar-refractivity contribution in [3.05, 3.63) is 47.0 Å². The number of aromatic nitrogens is 3. The van der Waals surface area contributed by atoms with E-state index in [1.165, 1.54) is 11.8 Å². The molecule has 7 nitrogen and oxygen atoms in total. The third-order valence-corrected chi connectivity index (χ3v) is 7.03. The first-order valence-corrected chi connectivity index (χ1v) is 12.0. The number of nitrogens with one attached hydrogen (secondary N) is 1. The van der Waals surface area contributed by atoms with E-state index in [4.69, 9.17) is 15.7 Å². The molecule has 1 saturated heterocycles. The van der Waals surface area contributed by atoms with Gasteiger partial charge >= 0.3 is 0 Å². The van der Waals surface area contributed by atoms with E-state index < -0.39 is 0 Å². The summed E-state index contributed by atoms with van der Waals surface area (Å²) in [6, 6.07) is 10.3. The molecule has 0 atom stereocenters. The number of aryl methyl sites for hydroxylation is 1. The molecular weight excluding hydrogens is 428 g/mol.